The molecule has 96 valence electrons. The van der Waals surface area contributed by atoms with Crippen LogP contribution in [0, 0.1) is 11.3 Å². The maximum atomic E-state index is 9.13. The maximum absolute atomic E-state index is 9.13. The first-order valence-electron chi connectivity index (χ1n) is 6.18. The lowest BCUT2D eigenvalue weighted by molar-refractivity contribution is 1.36. The quantitative estimate of drug-likeness (QED) is 0.692. The average molecular weight is 260 g/mol. The largest absolute Gasteiger partial charge is 0.398 e. The second-order valence-corrected chi connectivity index (χ2v) is 4.41. The molecule has 1 heterocycles. The van der Waals surface area contributed by atoms with E-state index in [1.807, 2.05) is 36.4 Å². The molecule has 0 bridgehead atoms. The summed E-state index contributed by atoms with van der Waals surface area (Å²) in [4.78, 5) is 4.10. The molecule has 0 spiro atoms. The van der Waals surface area contributed by atoms with E-state index in [0.717, 1.165) is 22.1 Å². The summed E-state index contributed by atoms with van der Waals surface area (Å²) in [5.74, 6) is 0. The van der Waals surface area contributed by atoms with Crippen molar-refractivity contribution in [1.82, 2.24) is 4.98 Å². The van der Waals surface area contributed by atoms with Gasteiger partial charge in [-0.25, -0.2) is 0 Å². The van der Waals surface area contributed by atoms with Gasteiger partial charge >= 0.3 is 0 Å². The number of benzene rings is 2. The topological polar surface area (TPSA) is 74.7 Å². The lowest BCUT2D eigenvalue weighted by Gasteiger charge is -2.12. The van der Waals surface area contributed by atoms with Gasteiger partial charge in [0, 0.05) is 34.5 Å². The highest BCUT2D eigenvalue weighted by molar-refractivity contribution is 6.01. The summed E-state index contributed by atoms with van der Waals surface area (Å²) in [7, 11) is 0. The number of pyridine rings is 1. The van der Waals surface area contributed by atoms with Gasteiger partial charge in [0.25, 0.3) is 0 Å². The Kier molecular flexibility index (Phi) is 2.94. The van der Waals surface area contributed by atoms with Crippen LogP contribution in [0.15, 0.2) is 54.9 Å². The van der Waals surface area contributed by atoms with Crippen LogP contribution in [0.3, 0.4) is 0 Å². The number of nitrogen functional groups attached to an aromatic ring is 1. The molecule has 4 nitrogen and oxygen atoms in total. The van der Waals surface area contributed by atoms with Gasteiger partial charge in [-0.05, 0) is 30.3 Å². The Bertz CT molecular complexity index is 818. The number of nitrogens with two attached hydrogens (primary N) is 1. The van der Waals surface area contributed by atoms with Crippen molar-refractivity contribution in [2.45, 2.75) is 0 Å². The molecule has 1 aromatic heterocycles. The van der Waals surface area contributed by atoms with Gasteiger partial charge in [-0.1, -0.05) is 12.1 Å². The molecule has 4 heteroatoms. The van der Waals surface area contributed by atoms with Gasteiger partial charge in [-0.15, -0.1) is 0 Å². The van der Waals surface area contributed by atoms with E-state index >= 15 is 0 Å². The van der Waals surface area contributed by atoms with E-state index in [0.29, 0.717) is 11.3 Å². The Morgan fingerprint density at radius 1 is 1.00 bits per heavy atom. The fourth-order valence-electron chi connectivity index (χ4n) is 2.16. The molecule has 0 fully saturated rings. The van der Waals surface area contributed by atoms with Crippen molar-refractivity contribution in [1.29, 1.82) is 5.26 Å². The third-order valence-electron chi connectivity index (χ3n) is 3.17. The standard InChI is InChI=1S/C16H12N4/c17-9-11-3-1-2-4-15(11)20-16-6-5-14(18)13-10-19-8-7-12(13)16/h1-8,10,20H,18H2. The number of aromatic nitrogens is 1. The molecule has 3 N–H and O–H groups in total. The van der Waals surface area contributed by atoms with Crippen molar-refractivity contribution in [2.75, 3.05) is 11.1 Å². The van der Waals surface area contributed by atoms with E-state index < -0.39 is 0 Å². The fraction of sp³-hybridized carbons (Fsp3) is 0. The fourth-order valence-corrected chi connectivity index (χ4v) is 2.16. The Hall–Kier alpha value is -3.06. The van der Waals surface area contributed by atoms with E-state index in [4.69, 9.17) is 11.0 Å². The van der Waals surface area contributed by atoms with Gasteiger partial charge in [0.1, 0.15) is 6.07 Å². The van der Waals surface area contributed by atoms with E-state index in [2.05, 4.69) is 16.4 Å². The number of fused-ring (bicyclic) bond motifs is 1. The van der Waals surface area contributed by atoms with Crippen LogP contribution in [0.25, 0.3) is 10.8 Å². The van der Waals surface area contributed by atoms with Crippen LogP contribution >= 0.6 is 0 Å². The predicted octanol–water partition coefficient (Wildman–Crippen LogP) is 3.43. The van der Waals surface area contributed by atoms with E-state index in [1.54, 1.807) is 18.5 Å². The number of nitrogens with one attached hydrogen (secondary N) is 1. The minimum atomic E-state index is 0.603. The third kappa shape index (κ3) is 2.02. The zero-order valence-electron chi connectivity index (χ0n) is 10.7. The Morgan fingerprint density at radius 3 is 2.70 bits per heavy atom. The zero-order chi connectivity index (χ0) is 13.9. The van der Waals surface area contributed by atoms with Crippen LogP contribution in [-0.4, -0.2) is 4.98 Å². The molecule has 0 saturated heterocycles. The Labute approximate surface area is 116 Å². The highest BCUT2D eigenvalue weighted by atomic mass is 14.9. The zero-order valence-corrected chi connectivity index (χ0v) is 10.7. The summed E-state index contributed by atoms with van der Waals surface area (Å²) in [5.41, 5.74) is 8.92. The normalized spacial score (nSPS) is 10.2. The van der Waals surface area contributed by atoms with Crippen molar-refractivity contribution in [3.8, 4) is 6.07 Å². The molecular weight excluding hydrogens is 248 g/mol. The van der Waals surface area contributed by atoms with Gasteiger partial charge in [-0.3, -0.25) is 4.98 Å². The molecule has 20 heavy (non-hydrogen) atoms. The second kappa shape index (κ2) is 4.90. The summed E-state index contributed by atoms with van der Waals surface area (Å²) in [5, 5.41) is 14.3. The van der Waals surface area contributed by atoms with Crippen LogP contribution in [0.2, 0.25) is 0 Å². The van der Waals surface area contributed by atoms with Crippen molar-refractivity contribution >= 4 is 27.8 Å². The molecule has 0 amide bonds. The van der Waals surface area contributed by atoms with Crippen LogP contribution in [0.4, 0.5) is 17.1 Å². The molecule has 2 aromatic carbocycles. The van der Waals surface area contributed by atoms with Crippen molar-refractivity contribution in [3.05, 3.63) is 60.4 Å². The third-order valence-corrected chi connectivity index (χ3v) is 3.17. The first kappa shape index (κ1) is 12.0. The van der Waals surface area contributed by atoms with Gasteiger partial charge in [0.2, 0.25) is 0 Å². The number of nitriles is 1. The lowest BCUT2D eigenvalue weighted by atomic mass is 10.1. The predicted molar refractivity (Wildman–Crippen MR) is 80.6 cm³/mol. The van der Waals surface area contributed by atoms with Crippen LogP contribution in [-0.2, 0) is 0 Å². The smallest absolute Gasteiger partial charge is 0.101 e. The molecule has 0 aliphatic rings. The average Bonchev–Trinajstić information content (AvgIpc) is 2.51. The Morgan fingerprint density at radius 2 is 1.85 bits per heavy atom. The maximum Gasteiger partial charge on any atom is 0.101 e. The number of rotatable bonds is 2. The molecule has 0 unspecified atom stereocenters. The van der Waals surface area contributed by atoms with Gasteiger partial charge in [0.05, 0.1) is 11.3 Å². The Balaban J connectivity index is 2.12. The number of anilines is 3. The van der Waals surface area contributed by atoms with Crippen LogP contribution < -0.4 is 11.1 Å². The summed E-state index contributed by atoms with van der Waals surface area (Å²) in [6.07, 6.45) is 3.47. The highest BCUT2D eigenvalue weighted by Crippen LogP contribution is 2.30. The molecular formula is C16H12N4. The van der Waals surface area contributed by atoms with Crippen LogP contribution in [0.5, 0.6) is 0 Å². The summed E-state index contributed by atoms with van der Waals surface area (Å²) < 4.78 is 0. The van der Waals surface area contributed by atoms with Gasteiger partial charge in [-0.2, -0.15) is 5.26 Å². The first-order valence-corrected chi connectivity index (χ1v) is 6.18. The number of hydrogen-bond donors (Lipinski definition) is 2. The monoisotopic (exact) mass is 260 g/mol. The molecule has 3 rings (SSSR count). The van der Waals surface area contributed by atoms with E-state index in [9.17, 15) is 0 Å². The molecule has 0 saturated carbocycles. The number of hydrogen-bond acceptors (Lipinski definition) is 4. The summed E-state index contributed by atoms with van der Waals surface area (Å²) in [6.45, 7) is 0. The number of para-hydroxylation sites is 1. The minimum absolute atomic E-state index is 0.603. The summed E-state index contributed by atoms with van der Waals surface area (Å²) >= 11 is 0. The van der Waals surface area contributed by atoms with Crippen LogP contribution in [0.1, 0.15) is 5.56 Å². The summed E-state index contributed by atoms with van der Waals surface area (Å²) in [6, 6.07) is 15.2. The van der Waals surface area contributed by atoms with Gasteiger partial charge < -0.3 is 11.1 Å². The van der Waals surface area contributed by atoms with Crippen molar-refractivity contribution in [3.63, 3.8) is 0 Å². The van der Waals surface area contributed by atoms with Crippen molar-refractivity contribution in [2.24, 2.45) is 0 Å². The minimum Gasteiger partial charge on any atom is -0.398 e. The van der Waals surface area contributed by atoms with E-state index in [1.165, 1.54) is 0 Å². The highest BCUT2D eigenvalue weighted by Gasteiger charge is 2.06. The second-order valence-electron chi connectivity index (χ2n) is 4.41. The molecule has 3 aromatic rings. The van der Waals surface area contributed by atoms with Gasteiger partial charge in [0.15, 0.2) is 0 Å². The molecule has 0 radical (unpaired) electrons. The van der Waals surface area contributed by atoms with Crippen molar-refractivity contribution < 1.29 is 0 Å². The molecule has 0 aliphatic carbocycles. The first-order chi connectivity index (χ1) is 9.79. The number of nitrogens with zero attached hydrogens (tertiary/aromatic N) is 2. The lowest BCUT2D eigenvalue weighted by Crippen LogP contribution is -1.96. The van der Waals surface area contributed by atoms with E-state index in [-0.39, 0.29) is 0 Å². The molecule has 0 atom stereocenters. The SMILES string of the molecule is N#Cc1ccccc1Nc1ccc(N)c2cnccc12. The molecule has 0 aliphatic heterocycles.